The van der Waals surface area contributed by atoms with E-state index in [2.05, 4.69) is 53.9 Å². The molecule has 0 amide bonds. The number of aromatic nitrogens is 2. The summed E-state index contributed by atoms with van der Waals surface area (Å²) in [4.78, 5) is 2.58. The van der Waals surface area contributed by atoms with Gasteiger partial charge in [0.15, 0.2) is 0 Å². The minimum absolute atomic E-state index is 0.662. The highest BCUT2D eigenvalue weighted by molar-refractivity contribution is 5.10. The van der Waals surface area contributed by atoms with Gasteiger partial charge in [-0.2, -0.15) is 5.10 Å². The van der Waals surface area contributed by atoms with E-state index in [-0.39, 0.29) is 0 Å². The fourth-order valence-electron chi connectivity index (χ4n) is 3.27. The maximum Gasteiger partial charge on any atom is 0.0625 e. The molecule has 1 aliphatic heterocycles. The number of hydrogen-bond donors (Lipinski definition) is 1. The Balaban J connectivity index is 1.79. The van der Waals surface area contributed by atoms with Crippen molar-refractivity contribution in [2.24, 2.45) is 13.0 Å². The second-order valence-corrected chi connectivity index (χ2v) is 6.46. The lowest BCUT2D eigenvalue weighted by molar-refractivity contribution is 0.154. The van der Waals surface area contributed by atoms with Crippen molar-refractivity contribution in [3.8, 4) is 0 Å². The Hall–Kier alpha value is -0.870. The number of nitrogens with one attached hydrogen (secondary N) is 1. The molecule has 2 rings (SSSR count). The van der Waals surface area contributed by atoms with Crippen LogP contribution in [0.25, 0.3) is 0 Å². The molecule has 21 heavy (non-hydrogen) atoms. The predicted molar refractivity (Wildman–Crippen MR) is 88.3 cm³/mol. The van der Waals surface area contributed by atoms with E-state index in [1.54, 1.807) is 0 Å². The number of rotatable bonds is 7. The van der Waals surface area contributed by atoms with E-state index >= 15 is 0 Å². The summed E-state index contributed by atoms with van der Waals surface area (Å²) in [5.41, 5.74) is 2.56. The Bertz CT molecular complexity index is 418. The summed E-state index contributed by atoms with van der Waals surface area (Å²) >= 11 is 0. The van der Waals surface area contributed by atoms with Gasteiger partial charge in [0.25, 0.3) is 0 Å². The van der Waals surface area contributed by atoms with E-state index < -0.39 is 0 Å². The van der Waals surface area contributed by atoms with Gasteiger partial charge in [-0.25, -0.2) is 0 Å². The molecule has 1 aliphatic rings. The third-order valence-electron chi connectivity index (χ3n) is 4.83. The van der Waals surface area contributed by atoms with Crippen LogP contribution >= 0.6 is 0 Å². The maximum absolute atomic E-state index is 4.55. The van der Waals surface area contributed by atoms with Crippen molar-refractivity contribution in [1.82, 2.24) is 20.0 Å². The molecule has 0 spiro atoms. The third kappa shape index (κ3) is 4.55. The molecular weight excluding hydrogens is 260 g/mol. The lowest BCUT2D eigenvalue weighted by Crippen LogP contribution is -2.42. The summed E-state index contributed by atoms with van der Waals surface area (Å²) < 4.78 is 2.05. The first-order valence-electron chi connectivity index (χ1n) is 8.61. The fourth-order valence-corrected chi connectivity index (χ4v) is 3.27. The SMILES string of the molecule is CCCNC(C)C1CCN(Cc2cc(CC)nn2C)CC1. The highest BCUT2D eigenvalue weighted by atomic mass is 15.3. The number of hydrogen-bond acceptors (Lipinski definition) is 3. The molecule has 1 aromatic heterocycles. The van der Waals surface area contributed by atoms with Crippen molar-refractivity contribution in [2.45, 2.75) is 59.0 Å². The van der Waals surface area contributed by atoms with Crippen molar-refractivity contribution in [1.29, 1.82) is 0 Å². The largest absolute Gasteiger partial charge is 0.314 e. The number of likely N-dealkylation sites (tertiary alicyclic amines) is 1. The number of nitrogens with zero attached hydrogens (tertiary/aromatic N) is 3. The molecule has 0 aliphatic carbocycles. The fraction of sp³-hybridized carbons (Fsp3) is 0.824. The van der Waals surface area contributed by atoms with Gasteiger partial charge in [-0.15, -0.1) is 0 Å². The Morgan fingerprint density at radius 1 is 1.33 bits per heavy atom. The molecule has 4 heteroatoms. The van der Waals surface area contributed by atoms with Crippen LogP contribution in [0.4, 0.5) is 0 Å². The second kappa shape index (κ2) is 7.95. The van der Waals surface area contributed by atoms with Gasteiger partial charge >= 0.3 is 0 Å². The molecule has 120 valence electrons. The average Bonchev–Trinajstić information content (AvgIpc) is 2.86. The van der Waals surface area contributed by atoms with Crippen molar-refractivity contribution >= 4 is 0 Å². The van der Waals surface area contributed by atoms with Gasteiger partial charge in [-0.3, -0.25) is 9.58 Å². The molecule has 0 bridgehead atoms. The summed E-state index contributed by atoms with van der Waals surface area (Å²) in [6.07, 6.45) is 4.88. The highest BCUT2D eigenvalue weighted by Gasteiger charge is 2.24. The summed E-state index contributed by atoms with van der Waals surface area (Å²) in [5.74, 6) is 0.838. The zero-order valence-electron chi connectivity index (χ0n) is 14.2. The zero-order chi connectivity index (χ0) is 15.2. The van der Waals surface area contributed by atoms with E-state index in [9.17, 15) is 0 Å². The van der Waals surface area contributed by atoms with Gasteiger partial charge < -0.3 is 5.32 Å². The number of aryl methyl sites for hydroxylation is 2. The van der Waals surface area contributed by atoms with Crippen molar-refractivity contribution in [2.75, 3.05) is 19.6 Å². The van der Waals surface area contributed by atoms with Crippen LogP contribution in [0.15, 0.2) is 6.07 Å². The van der Waals surface area contributed by atoms with Gasteiger partial charge in [0, 0.05) is 19.6 Å². The van der Waals surface area contributed by atoms with Crippen LogP contribution in [-0.2, 0) is 20.0 Å². The quantitative estimate of drug-likeness (QED) is 0.838. The van der Waals surface area contributed by atoms with Gasteiger partial charge in [0.2, 0.25) is 0 Å². The van der Waals surface area contributed by atoms with Gasteiger partial charge in [-0.1, -0.05) is 13.8 Å². The lowest BCUT2D eigenvalue weighted by Gasteiger charge is -2.35. The van der Waals surface area contributed by atoms with Crippen LogP contribution in [-0.4, -0.2) is 40.4 Å². The molecule has 1 unspecified atom stereocenters. The van der Waals surface area contributed by atoms with E-state index in [1.165, 1.54) is 43.7 Å². The van der Waals surface area contributed by atoms with Crippen LogP contribution in [0.5, 0.6) is 0 Å². The average molecular weight is 292 g/mol. The predicted octanol–water partition coefficient (Wildman–Crippen LogP) is 2.58. The summed E-state index contributed by atoms with van der Waals surface area (Å²) in [6, 6.07) is 2.92. The minimum Gasteiger partial charge on any atom is -0.314 e. The smallest absolute Gasteiger partial charge is 0.0625 e. The first kappa shape index (κ1) is 16.5. The Labute approximate surface area is 129 Å². The van der Waals surface area contributed by atoms with Crippen molar-refractivity contribution < 1.29 is 0 Å². The monoisotopic (exact) mass is 292 g/mol. The van der Waals surface area contributed by atoms with E-state index in [0.717, 1.165) is 25.4 Å². The van der Waals surface area contributed by atoms with E-state index in [0.29, 0.717) is 6.04 Å². The van der Waals surface area contributed by atoms with E-state index in [1.807, 2.05) is 0 Å². The van der Waals surface area contributed by atoms with Gasteiger partial charge in [0.05, 0.1) is 11.4 Å². The zero-order valence-corrected chi connectivity index (χ0v) is 14.2. The molecule has 2 heterocycles. The molecule has 1 atom stereocenters. The summed E-state index contributed by atoms with van der Waals surface area (Å²) in [5, 5.41) is 8.21. The topological polar surface area (TPSA) is 33.1 Å². The van der Waals surface area contributed by atoms with Crippen LogP contribution in [0.2, 0.25) is 0 Å². The molecule has 1 fully saturated rings. The summed E-state index contributed by atoms with van der Waals surface area (Å²) in [6.45, 7) is 11.4. The minimum atomic E-state index is 0.662. The molecule has 1 aromatic rings. The molecule has 1 N–H and O–H groups in total. The molecule has 1 saturated heterocycles. The Kier molecular flexibility index (Phi) is 6.24. The highest BCUT2D eigenvalue weighted by Crippen LogP contribution is 2.22. The maximum atomic E-state index is 4.55. The molecule has 0 radical (unpaired) electrons. The first-order valence-corrected chi connectivity index (χ1v) is 8.61. The van der Waals surface area contributed by atoms with Crippen LogP contribution in [0.1, 0.15) is 51.4 Å². The van der Waals surface area contributed by atoms with Gasteiger partial charge in [0.1, 0.15) is 0 Å². The van der Waals surface area contributed by atoms with Gasteiger partial charge in [-0.05, 0) is 64.2 Å². The lowest BCUT2D eigenvalue weighted by atomic mass is 9.90. The molecule has 4 nitrogen and oxygen atoms in total. The molecular formula is C17H32N4. The second-order valence-electron chi connectivity index (χ2n) is 6.46. The van der Waals surface area contributed by atoms with Crippen LogP contribution in [0, 0.1) is 5.92 Å². The van der Waals surface area contributed by atoms with E-state index in [4.69, 9.17) is 0 Å². The van der Waals surface area contributed by atoms with Crippen molar-refractivity contribution in [3.63, 3.8) is 0 Å². The van der Waals surface area contributed by atoms with Crippen LogP contribution in [0.3, 0.4) is 0 Å². The molecule has 0 aromatic carbocycles. The van der Waals surface area contributed by atoms with Crippen LogP contribution < -0.4 is 5.32 Å². The number of piperidine rings is 1. The third-order valence-corrected chi connectivity index (χ3v) is 4.83. The Morgan fingerprint density at radius 2 is 2.05 bits per heavy atom. The van der Waals surface area contributed by atoms with Crippen molar-refractivity contribution in [3.05, 3.63) is 17.5 Å². The first-order chi connectivity index (χ1) is 10.1. The standard InChI is InChI=1S/C17H32N4/c1-5-9-18-14(3)15-7-10-21(11-8-15)13-17-12-16(6-2)19-20(17)4/h12,14-15,18H,5-11,13H2,1-4H3. The summed E-state index contributed by atoms with van der Waals surface area (Å²) in [7, 11) is 2.07. The molecule has 0 saturated carbocycles. The Morgan fingerprint density at radius 3 is 2.62 bits per heavy atom. The normalized spacial score (nSPS) is 19.0.